The van der Waals surface area contributed by atoms with E-state index in [1.165, 1.54) is 11.8 Å². The zero-order chi connectivity index (χ0) is 19.7. The number of nitrogens with two attached hydrogens (primary N) is 1. The van der Waals surface area contributed by atoms with E-state index < -0.39 is 0 Å². The fourth-order valence-corrected chi connectivity index (χ4v) is 4.42. The minimum Gasteiger partial charge on any atom is -0.355 e. The Morgan fingerprint density at radius 3 is 2.86 bits per heavy atom. The number of nitrogens with zero attached hydrogens (tertiary/aromatic N) is 5. The topological polar surface area (TPSA) is 80.8 Å². The summed E-state index contributed by atoms with van der Waals surface area (Å²) < 4.78 is 0. The molecule has 1 aliphatic rings. The third-order valence-electron chi connectivity index (χ3n) is 5.06. The second-order valence-corrected chi connectivity index (χ2v) is 8.97. The monoisotopic (exact) mass is 414 g/mol. The zero-order valence-electron chi connectivity index (χ0n) is 16.0. The maximum absolute atomic E-state index is 6.35. The number of hydrogen-bond acceptors (Lipinski definition) is 7. The van der Waals surface area contributed by atoms with Crippen LogP contribution in [0.3, 0.4) is 0 Å². The van der Waals surface area contributed by atoms with Gasteiger partial charge in [0, 0.05) is 29.7 Å². The Hall–Kier alpha value is -1.96. The molecular formula is C20H23ClN6S. The van der Waals surface area contributed by atoms with Crippen LogP contribution in [0.25, 0.3) is 11.2 Å². The highest BCUT2D eigenvalue weighted by Crippen LogP contribution is 2.33. The molecule has 1 fully saturated rings. The molecule has 0 aliphatic carbocycles. The summed E-state index contributed by atoms with van der Waals surface area (Å²) in [6.45, 7) is 5.87. The van der Waals surface area contributed by atoms with E-state index in [-0.39, 0.29) is 5.54 Å². The number of rotatable bonds is 3. The van der Waals surface area contributed by atoms with Gasteiger partial charge in [0.2, 0.25) is 0 Å². The first-order valence-corrected chi connectivity index (χ1v) is 10.6. The largest absolute Gasteiger partial charge is 0.355 e. The van der Waals surface area contributed by atoms with Crippen LogP contribution in [0.15, 0.2) is 40.5 Å². The second-order valence-electron chi connectivity index (χ2n) is 7.53. The highest BCUT2D eigenvalue weighted by Gasteiger charge is 2.24. The molecule has 1 atom stereocenters. The lowest BCUT2D eigenvalue weighted by Crippen LogP contribution is -2.37. The van der Waals surface area contributed by atoms with Crippen molar-refractivity contribution in [2.75, 3.05) is 18.0 Å². The average molecular weight is 415 g/mol. The Morgan fingerprint density at radius 1 is 1.14 bits per heavy atom. The maximum atomic E-state index is 6.35. The van der Waals surface area contributed by atoms with Gasteiger partial charge in [0.1, 0.15) is 16.4 Å². The van der Waals surface area contributed by atoms with Crippen molar-refractivity contribution in [3.05, 3.63) is 41.3 Å². The molecule has 6 nitrogen and oxygen atoms in total. The van der Waals surface area contributed by atoms with Crippen LogP contribution in [0.1, 0.15) is 31.9 Å². The quantitative estimate of drug-likeness (QED) is 0.686. The third-order valence-corrected chi connectivity index (χ3v) is 6.65. The SMILES string of the molecule is Cc1nccc(Sc2ccc3nc(N4CCC[C@](C)(N)CC4)cnc3n2)c1Cl. The maximum Gasteiger partial charge on any atom is 0.179 e. The van der Waals surface area contributed by atoms with Crippen molar-refractivity contribution in [1.29, 1.82) is 0 Å². The van der Waals surface area contributed by atoms with E-state index in [9.17, 15) is 0 Å². The van der Waals surface area contributed by atoms with Crippen molar-refractivity contribution in [1.82, 2.24) is 19.9 Å². The number of pyridine rings is 2. The summed E-state index contributed by atoms with van der Waals surface area (Å²) in [6.07, 6.45) is 6.61. The van der Waals surface area contributed by atoms with E-state index in [0.29, 0.717) is 10.7 Å². The van der Waals surface area contributed by atoms with Gasteiger partial charge in [-0.3, -0.25) is 4.98 Å². The zero-order valence-corrected chi connectivity index (χ0v) is 17.6. The first-order valence-electron chi connectivity index (χ1n) is 9.38. The second kappa shape index (κ2) is 7.81. The van der Waals surface area contributed by atoms with Crippen molar-refractivity contribution in [2.45, 2.75) is 48.6 Å². The van der Waals surface area contributed by atoms with Crippen LogP contribution in [0, 0.1) is 6.92 Å². The molecule has 0 amide bonds. The third kappa shape index (κ3) is 4.21. The van der Waals surface area contributed by atoms with Gasteiger partial charge in [-0.15, -0.1) is 0 Å². The fourth-order valence-electron chi connectivity index (χ4n) is 3.33. The summed E-state index contributed by atoms with van der Waals surface area (Å²) in [5.41, 5.74) is 8.45. The summed E-state index contributed by atoms with van der Waals surface area (Å²) in [4.78, 5) is 21.4. The van der Waals surface area contributed by atoms with E-state index in [1.807, 2.05) is 31.3 Å². The van der Waals surface area contributed by atoms with Gasteiger partial charge >= 0.3 is 0 Å². The summed E-state index contributed by atoms with van der Waals surface area (Å²) in [7, 11) is 0. The van der Waals surface area contributed by atoms with Crippen LogP contribution >= 0.6 is 23.4 Å². The van der Waals surface area contributed by atoms with E-state index in [2.05, 4.69) is 26.8 Å². The van der Waals surface area contributed by atoms with Gasteiger partial charge in [-0.2, -0.15) is 0 Å². The van der Waals surface area contributed by atoms with Crippen molar-refractivity contribution < 1.29 is 0 Å². The van der Waals surface area contributed by atoms with Gasteiger partial charge in [0.05, 0.1) is 16.9 Å². The number of aromatic nitrogens is 4. The number of fused-ring (bicyclic) bond motifs is 1. The molecule has 0 bridgehead atoms. The number of hydrogen-bond donors (Lipinski definition) is 1. The molecule has 0 spiro atoms. The van der Waals surface area contributed by atoms with Gasteiger partial charge in [0.15, 0.2) is 5.65 Å². The molecule has 4 rings (SSSR count). The number of anilines is 1. The summed E-state index contributed by atoms with van der Waals surface area (Å²) in [5.74, 6) is 0.889. The molecule has 3 aromatic rings. The first kappa shape index (κ1) is 19.4. The van der Waals surface area contributed by atoms with E-state index in [0.717, 1.165) is 59.3 Å². The van der Waals surface area contributed by atoms with Crippen molar-refractivity contribution >= 4 is 40.3 Å². The summed E-state index contributed by atoms with van der Waals surface area (Å²) >= 11 is 7.85. The molecule has 2 N–H and O–H groups in total. The molecule has 28 heavy (non-hydrogen) atoms. The lowest BCUT2D eigenvalue weighted by molar-refractivity contribution is 0.421. The minimum atomic E-state index is -0.0979. The van der Waals surface area contributed by atoms with Gasteiger partial charge < -0.3 is 10.6 Å². The first-order chi connectivity index (χ1) is 13.4. The molecule has 1 saturated heterocycles. The molecule has 0 aromatic carbocycles. The smallest absolute Gasteiger partial charge is 0.179 e. The molecule has 4 heterocycles. The summed E-state index contributed by atoms with van der Waals surface area (Å²) in [5, 5.41) is 1.49. The Kier molecular flexibility index (Phi) is 5.40. The Balaban J connectivity index is 1.57. The van der Waals surface area contributed by atoms with Crippen molar-refractivity contribution in [3.63, 3.8) is 0 Å². The van der Waals surface area contributed by atoms with Crippen LogP contribution in [0.5, 0.6) is 0 Å². The Morgan fingerprint density at radius 2 is 2.00 bits per heavy atom. The molecule has 0 radical (unpaired) electrons. The molecule has 0 unspecified atom stereocenters. The van der Waals surface area contributed by atoms with E-state index >= 15 is 0 Å². The van der Waals surface area contributed by atoms with Crippen LogP contribution in [-0.2, 0) is 0 Å². The Labute approximate surface area is 173 Å². The lowest BCUT2D eigenvalue weighted by Gasteiger charge is -2.24. The van der Waals surface area contributed by atoms with Crippen LogP contribution < -0.4 is 10.6 Å². The molecule has 8 heteroatoms. The van der Waals surface area contributed by atoms with E-state index in [1.54, 1.807) is 6.20 Å². The van der Waals surface area contributed by atoms with Crippen molar-refractivity contribution in [2.24, 2.45) is 5.73 Å². The van der Waals surface area contributed by atoms with Gasteiger partial charge in [-0.1, -0.05) is 23.4 Å². The molecule has 146 valence electrons. The van der Waals surface area contributed by atoms with Crippen LogP contribution in [-0.4, -0.2) is 38.6 Å². The predicted molar refractivity (Wildman–Crippen MR) is 114 cm³/mol. The standard InChI is InChI=1S/C20H23ClN6S/c1-13-18(21)15(6-9-23-13)28-17-5-4-14-19(26-17)24-12-16(25-14)27-10-3-7-20(2,22)8-11-27/h4-6,9,12H,3,7-8,10-11,22H2,1-2H3/t20-/m0/s1. The van der Waals surface area contributed by atoms with Gasteiger partial charge in [-0.05, 0) is 51.3 Å². The highest BCUT2D eigenvalue weighted by atomic mass is 35.5. The fraction of sp³-hybridized carbons (Fsp3) is 0.400. The average Bonchev–Trinajstić information content (AvgIpc) is 2.85. The summed E-state index contributed by atoms with van der Waals surface area (Å²) in [6, 6.07) is 5.82. The Bertz CT molecular complexity index is 1010. The number of halogens is 1. The molecular weight excluding hydrogens is 392 g/mol. The lowest BCUT2D eigenvalue weighted by atomic mass is 9.95. The normalized spacial score (nSPS) is 20.4. The van der Waals surface area contributed by atoms with Crippen molar-refractivity contribution in [3.8, 4) is 0 Å². The predicted octanol–water partition coefficient (Wildman–Crippen LogP) is 4.24. The van der Waals surface area contributed by atoms with Crippen LogP contribution in [0.2, 0.25) is 5.02 Å². The van der Waals surface area contributed by atoms with E-state index in [4.69, 9.17) is 22.3 Å². The molecule has 3 aromatic heterocycles. The van der Waals surface area contributed by atoms with Crippen LogP contribution in [0.4, 0.5) is 5.82 Å². The molecule has 0 saturated carbocycles. The van der Waals surface area contributed by atoms with Gasteiger partial charge in [-0.25, -0.2) is 15.0 Å². The van der Waals surface area contributed by atoms with Gasteiger partial charge in [0.25, 0.3) is 0 Å². The minimum absolute atomic E-state index is 0.0979. The highest BCUT2D eigenvalue weighted by molar-refractivity contribution is 7.99. The molecule has 1 aliphatic heterocycles. The number of aryl methyl sites for hydroxylation is 1.